The number of carbonyl (C=O) groups excluding carboxylic acids is 1. The fourth-order valence-electron chi connectivity index (χ4n) is 2.36. The van der Waals surface area contributed by atoms with Crippen LogP contribution in [0.4, 0.5) is 5.69 Å². The summed E-state index contributed by atoms with van der Waals surface area (Å²) >= 11 is 1.65. The van der Waals surface area contributed by atoms with Gasteiger partial charge < -0.3 is 4.90 Å². The van der Waals surface area contributed by atoms with Gasteiger partial charge in [-0.2, -0.15) is 5.10 Å². The minimum atomic E-state index is 0.131. The van der Waals surface area contributed by atoms with Crippen molar-refractivity contribution in [2.24, 2.45) is 7.05 Å². The van der Waals surface area contributed by atoms with Crippen molar-refractivity contribution in [3.05, 3.63) is 28.5 Å². The first-order valence-corrected chi connectivity index (χ1v) is 7.42. The molecule has 1 saturated heterocycles. The van der Waals surface area contributed by atoms with Gasteiger partial charge in [-0.05, 0) is 6.92 Å². The number of hydrogen-bond acceptors (Lipinski definition) is 5. The Morgan fingerprint density at radius 3 is 2.85 bits per heavy atom. The minimum absolute atomic E-state index is 0.131. The molecule has 0 unspecified atom stereocenters. The maximum absolute atomic E-state index is 12.3. The number of piperazine rings is 1. The summed E-state index contributed by atoms with van der Waals surface area (Å²) in [5, 5.41) is 4.12. The predicted octanol–water partition coefficient (Wildman–Crippen LogP) is 1.03. The Kier molecular flexibility index (Phi) is 3.54. The van der Waals surface area contributed by atoms with Gasteiger partial charge in [-0.3, -0.25) is 14.4 Å². The van der Waals surface area contributed by atoms with Crippen LogP contribution in [0.25, 0.3) is 0 Å². The minimum Gasteiger partial charge on any atom is -0.307 e. The fourth-order valence-corrected chi connectivity index (χ4v) is 3.18. The van der Waals surface area contributed by atoms with Crippen LogP contribution in [0.5, 0.6) is 0 Å². The normalized spacial score (nSPS) is 16.9. The van der Waals surface area contributed by atoms with E-state index in [4.69, 9.17) is 0 Å². The van der Waals surface area contributed by atoms with Crippen LogP contribution in [-0.4, -0.2) is 45.2 Å². The number of aromatic nitrogens is 3. The van der Waals surface area contributed by atoms with Gasteiger partial charge in [0.05, 0.1) is 29.6 Å². The second-order valence-electron chi connectivity index (χ2n) is 4.99. The molecule has 0 bridgehead atoms. The lowest BCUT2D eigenvalue weighted by Gasteiger charge is -2.33. The van der Waals surface area contributed by atoms with E-state index < -0.39 is 0 Å². The Balaban J connectivity index is 1.65. The molecular weight excluding hydrogens is 274 g/mol. The molecule has 0 saturated carbocycles. The third-order valence-electron chi connectivity index (χ3n) is 3.51. The first-order chi connectivity index (χ1) is 9.63. The zero-order chi connectivity index (χ0) is 14.1. The zero-order valence-electron chi connectivity index (χ0n) is 11.6. The highest BCUT2D eigenvalue weighted by Gasteiger charge is 2.26. The smallest absolute Gasteiger partial charge is 0.241 e. The second-order valence-corrected chi connectivity index (χ2v) is 5.93. The van der Waals surface area contributed by atoms with Gasteiger partial charge in [0.2, 0.25) is 5.91 Å². The fraction of sp³-hybridized carbons (Fsp3) is 0.462. The monoisotopic (exact) mass is 291 g/mol. The molecule has 1 aliphatic rings. The molecular formula is C13H17N5OS. The van der Waals surface area contributed by atoms with Crippen molar-refractivity contribution in [1.82, 2.24) is 19.7 Å². The number of hydrogen-bond donors (Lipinski definition) is 0. The Hall–Kier alpha value is -1.73. The summed E-state index contributed by atoms with van der Waals surface area (Å²) in [4.78, 5) is 21.7. The summed E-state index contributed by atoms with van der Waals surface area (Å²) in [6.45, 7) is 4.86. The molecule has 2 aromatic heterocycles. The molecule has 0 N–H and O–H groups in total. The summed E-state index contributed by atoms with van der Waals surface area (Å²) in [5.41, 5.74) is 3.81. The molecule has 0 aliphatic carbocycles. The molecule has 1 fully saturated rings. The van der Waals surface area contributed by atoms with Crippen molar-refractivity contribution in [2.45, 2.75) is 13.5 Å². The summed E-state index contributed by atoms with van der Waals surface area (Å²) in [6.07, 6.45) is 3.61. The molecule has 0 aromatic carbocycles. The number of amides is 1. The Bertz CT molecular complexity index is 620. The van der Waals surface area contributed by atoms with Crippen molar-refractivity contribution < 1.29 is 4.79 Å². The summed E-state index contributed by atoms with van der Waals surface area (Å²) in [6, 6.07) is 0. The quantitative estimate of drug-likeness (QED) is 0.848. The Morgan fingerprint density at radius 1 is 1.40 bits per heavy atom. The van der Waals surface area contributed by atoms with Crippen molar-refractivity contribution in [2.75, 3.05) is 24.5 Å². The molecule has 7 heteroatoms. The van der Waals surface area contributed by atoms with Crippen molar-refractivity contribution in [3.8, 4) is 0 Å². The molecule has 2 aromatic rings. The van der Waals surface area contributed by atoms with Crippen LogP contribution in [-0.2, 0) is 18.4 Å². The van der Waals surface area contributed by atoms with E-state index in [0.29, 0.717) is 13.1 Å². The molecule has 1 aliphatic heterocycles. The maximum Gasteiger partial charge on any atom is 0.241 e. The van der Waals surface area contributed by atoms with Crippen LogP contribution >= 0.6 is 11.3 Å². The van der Waals surface area contributed by atoms with Gasteiger partial charge in [0, 0.05) is 37.8 Å². The number of rotatable bonds is 3. The number of anilines is 1. The molecule has 1 amide bonds. The predicted molar refractivity (Wildman–Crippen MR) is 77.7 cm³/mol. The van der Waals surface area contributed by atoms with Gasteiger partial charge in [0.1, 0.15) is 0 Å². The second kappa shape index (κ2) is 5.34. The average Bonchev–Trinajstić information content (AvgIpc) is 3.00. The lowest BCUT2D eigenvalue weighted by Crippen LogP contribution is -2.50. The maximum atomic E-state index is 12.3. The van der Waals surface area contributed by atoms with Gasteiger partial charge in [-0.1, -0.05) is 0 Å². The van der Waals surface area contributed by atoms with E-state index in [1.165, 1.54) is 4.88 Å². The largest absolute Gasteiger partial charge is 0.307 e. The van der Waals surface area contributed by atoms with Crippen LogP contribution in [0.2, 0.25) is 0 Å². The number of aryl methyl sites for hydroxylation is 2. The van der Waals surface area contributed by atoms with E-state index in [-0.39, 0.29) is 5.91 Å². The Morgan fingerprint density at radius 2 is 2.25 bits per heavy atom. The lowest BCUT2D eigenvalue weighted by molar-refractivity contribution is -0.121. The third kappa shape index (κ3) is 2.59. The highest BCUT2D eigenvalue weighted by atomic mass is 32.1. The van der Waals surface area contributed by atoms with Gasteiger partial charge in [0.25, 0.3) is 0 Å². The van der Waals surface area contributed by atoms with Gasteiger partial charge >= 0.3 is 0 Å². The summed E-state index contributed by atoms with van der Waals surface area (Å²) < 4.78 is 1.72. The van der Waals surface area contributed by atoms with E-state index in [9.17, 15) is 4.79 Å². The summed E-state index contributed by atoms with van der Waals surface area (Å²) in [7, 11) is 1.86. The molecule has 0 spiro atoms. The highest BCUT2D eigenvalue weighted by Crippen LogP contribution is 2.19. The average molecular weight is 291 g/mol. The van der Waals surface area contributed by atoms with E-state index >= 15 is 0 Å². The topological polar surface area (TPSA) is 54.3 Å². The molecule has 6 nitrogen and oxygen atoms in total. The molecule has 0 radical (unpaired) electrons. The van der Waals surface area contributed by atoms with Gasteiger partial charge in [-0.25, -0.2) is 4.98 Å². The van der Waals surface area contributed by atoms with Crippen molar-refractivity contribution in [1.29, 1.82) is 0 Å². The van der Waals surface area contributed by atoms with Crippen LogP contribution in [0, 0.1) is 6.92 Å². The molecule has 0 atom stereocenters. The van der Waals surface area contributed by atoms with Crippen LogP contribution < -0.4 is 4.90 Å². The van der Waals surface area contributed by atoms with Gasteiger partial charge in [0.15, 0.2) is 0 Å². The SMILES string of the molecule is Cc1ncsc1CN1CCN(c2cnn(C)c2)C(=O)C1. The van der Waals surface area contributed by atoms with Crippen LogP contribution in [0.1, 0.15) is 10.6 Å². The van der Waals surface area contributed by atoms with Crippen molar-refractivity contribution in [3.63, 3.8) is 0 Å². The van der Waals surface area contributed by atoms with E-state index in [0.717, 1.165) is 24.5 Å². The standard InChI is InChI=1S/C13H17N5OS/c1-10-12(20-9-14-10)7-17-3-4-18(13(19)8-17)11-5-15-16(2)6-11/h5-6,9H,3-4,7-8H2,1-2H3. The lowest BCUT2D eigenvalue weighted by atomic mass is 10.2. The molecule has 20 heavy (non-hydrogen) atoms. The molecule has 106 valence electrons. The van der Waals surface area contributed by atoms with Crippen LogP contribution in [0.3, 0.4) is 0 Å². The molecule has 3 heterocycles. The highest BCUT2D eigenvalue weighted by molar-refractivity contribution is 7.09. The van der Waals surface area contributed by atoms with Gasteiger partial charge in [-0.15, -0.1) is 11.3 Å². The zero-order valence-corrected chi connectivity index (χ0v) is 12.4. The Labute approximate surface area is 121 Å². The van der Waals surface area contributed by atoms with E-state index in [1.807, 2.05) is 30.6 Å². The molecule has 3 rings (SSSR count). The number of carbonyl (C=O) groups is 1. The summed E-state index contributed by atoms with van der Waals surface area (Å²) in [5.74, 6) is 0.131. The number of thiazole rings is 1. The first kappa shape index (κ1) is 13.3. The van der Waals surface area contributed by atoms with Crippen molar-refractivity contribution >= 4 is 22.9 Å². The van der Waals surface area contributed by atoms with Crippen LogP contribution in [0.15, 0.2) is 17.9 Å². The third-order valence-corrected chi connectivity index (χ3v) is 4.43. The first-order valence-electron chi connectivity index (χ1n) is 6.54. The number of nitrogens with zero attached hydrogens (tertiary/aromatic N) is 5. The van der Waals surface area contributed by atoms with E-state index in [2.05, 4.69) is 15.0 Å². The van der Waals surface area contributed by atoms with E-state index in [1.54, 1.807) is 22.2 Å².